The van der Waals surface area contributed by atoms with E-state index in [9.17, 15) is 14.9 Å². The summed E-state index contributed by atoms with van der Waals surface area (Å²) in [6.07, 6.45) is 0. The number of amides is 1. The van der Waals surface area contributed by atoms with Crippen LogP contribution in [0.3, 0.4) is 0 Å². The number of nitro benzene ring substituents is 1. The summed E-state index contributed by atoms with van der Waals surface area (Å²) < 4.78 is 1.06. The zero-order chi connectivity index (χ0) is 16.4. The Morgan fingerprint density at radius 2 is 1.87 bits per heavy atom. The lowest BCUT2D eigenvalue weighted by molar-refractivity contribution is -0.385. The Hall–Kier alpha value is -2.73. The number of hydrogen-bond donors (Lipinski definition) is 1. The number of carbonyl (C=O) groups excluding carboxylic acids is 1. The topological polar surface area (TPSA) is 72.2 Å². The molecule has 0 aliphatic rings. The smallest absolute Gasteiger partial charge is 0.274 e. The molecule has 3 aromatic rings. The van der Waals surface area contributed by atoms with E-state index in [1.807, 2.05) is 31.2 Å². The molecule has 23 heavy (non-hydrogen) atoms. The number of rotatable bonds is 4. The number of nitro groups is 1. The van der Waals surface area contributed by atoms with Crippen LogP contribution in [-0.2, 0) is 6.54 Å². The Morgan fingerprint density at radius 3 is 2.61 bits per heavy atom. The summed E-state index contributed by atoms with van der Waals surface area (Å²) in [5.41, 5.74) is 1.44. The number of fused-ring (bicyclic) bond motifs is 1. The van der Waals surface area contributed by atoms with Crippen molar-refractivity contribution >= 4 is 33.0 Å². The van der Waals surface area contributed by atoms with Gasteiger partial charge in [-0.2, -0.15) is 0 Å². The van der Waals surface area contributed by atoms with Gasteiger partial charge in [0, 0.05) is 22.9 Å². The third-order valence-electron chi connectivity index (χ3n) is 3.68. The predicted octanol–water partition coefficient (Wildman–Crippen LogP) is 4.05. The van der Waals surface area contributed by atoms with Crippen molar-refractivity contribution < 1.29 is 9.72 Å². The molecule has 0 aliphatic carbocycles. The van der Waals surface area contributed by atoms with Crippen molar-refractivity contribution in [1.29, 1.82) is 0 Å². The minimum absolute atomic E-state index is 0.0147. The van der Waals surface area contributed by atoms with Gasteiger partial charge in [0.2, 0.25) is 0 Å². The highest BCUT2D eigenvalue weighted by Gasteiger charge is 2.17. The van der Waals surface area contributed by atoms with Crippen molar-refractivity contribution in [2.45, 2.75) is 13.5 Å². The molecule has 0 fully saturated rings. The Morgan fingerprint density at radius 1 is 1.17 bits per heavy atom. The molecular formula is C17H14N2O3S. The quantitative estimate of drug-likeness (QED) is 0.581. The summed E-state index contributed by atoms with van der Waals surface area (Å²) in [7, 11) is 0. The van der Waals surface area contributed by atoms with Crippen LogP contribution in [0.5, 0.6) is 0 Å². The van der Waals surface area contributed by atoms with E-state index in [-0.39, 0.29) is 18.1 Å². The second-order valence-corrected chi connectivity index (χ2v) is 6.17. The summed E-state index contributed by atoms with van der Waals surface area (Å²) >= 11 is 1.43. The van der Waals surface area contributed by atoms with E-state index in [0.29, 0.717) is 10.4 Å². The molecule has 0 bridgehead atoms. The molecule has 0 atom stereocenters. The van der Waals surface area contributed by atoms with Crippen molar-refractivity contribution in [2.24, 2.45) is 0 Å². The molecule has 0 saturated heterocycles. The number of nitrogens with one attached hydrogen (secondary N) is 1. The second-order valence-electron chi connectivity index (χ2n) is 5.12. The van der Waals surface area contributed by atoms with Gasteiger partial charge in [-0.1, -0.05) is 36.4 Å². The first-order chi connectivity index (χ1) is 11.1. The predicted molar refractivity (Wildman–Crippen MR) is 90.8 cm³/mol. The molecule has 0 aliphatic heterocycles. The SMILES string of the molecule is Cc1c(C(=O)NCc2ccccc2[N+](=O)[O-])sc2ccccc12. The summed E-state index contributed by atoms with van der Waals surface area (Å²) in [5.74, 6) is -0.207. The zero-order valence-electron chi connectivity index (χ0n) is 12.4. The van der Waals surface area contributed by atoms with Crippen LogP contribution in [0.25, 0.3) is 10.1 Å². The third-order valence-corrected chi connectivity index (χ3v) is 4.95. The van der Waals surface area contributed by atoms with E-state index in [1.165, 1.54) is 17.4 Å². The molecule has 0 saturated carbocycles. The van der Waals surface area contributed by atoms with Crippen molar-refractivity contribution in [1.82, 2.24) is 5.32 Å². The maximum Gasteiger partial charge on any atom is 0.274 e. The van der Waals surface area contributed by atoms with E-state index >= 15 is 0 Å². The molecule has 2 aromatic carbocycles. The Bertz CT molecular complexity index is 902. The van der Waals surface area contributed by atoms with Gasteiger partial charge in [0.15, 0.2) is 0 Å². The van der Waals surface area contributed by atoms with Gasteiger partial charge in [-0.15, -0.1) is 11.3 Å². The maximum atomic E-state index is 12.4. The first kappa shape index (κ1) is 15.2. The Kier molecular flexibility index (Phi) is 4.08. The molecule has 1 N–H and O–H groups in total. The number of nitrogens with zero attached hydrogens (tertiary/aromatic N) is 1. The highest BCUT2D eigenvalue weighted by molar-refractivity contribution is 7.21. The lowest BCUT2D eigenvalue weighted by Crippen LogP contribution is -2.22. The van der Waals surface area contributed by atoms with Crippen LogP contribution in [0, 0.1) is 17.0 Å². The van der Waals surface area contributed by atoms with Crippen molar-refractivity contribution in [3.63, 3.8) is 0 Å². The van der Waals surface area contributed by atoms with E-state index in [1.54, 1.807) is 18.2 Å². The first-order valence-electron chi connectivity index (χ1n) is 7.06. The Labute approximate surface area is 136 Å². The van der Waals surface area contributed by atoms with Gasteiger partial charge < -0.3 is 5.32 Å². The van der Waals surface area contributed by atoms with Gasteiger partial charge in [-0.3, -0.25) is 14.9 Å². The van der Waals surface area contributed by atoms with Crippen LogP contribution < -0.4 is 5.32 Å². The van der Waals surface area contributed by atoms with E-state index in [4.69, 9.17) is 0 Å². The molecule has 116 valence electrons. The summed E-state index contributed by atoms with van der Waals surface area (Å²) in [5, 5.41) is 14.8. The molecule has 0 spiro atoms. The van der Waals surface area contributed by atoms with Crippen LogP contribution in [0.2, 0.25) is 0 Å². The number of carbonyl (C=O) groups is 1. The third kappa shape index (κ3) is 2.93. The average Bonchev–Trinajstić information content (AvgIpc) is 2.90. The first-order valence-corrected chi connectivity index (χ1v) is 7.88. The van der Waals surface area contributed by atoms with Gasteiger partial charge in [0.05, 0.1) is 9.80 Å². The van der Waals surface area contributed by atoms with E-state index in [2.05, 4.69) is 5.32 Å². The fourth-order valence-electron chi connectivity index (χ4n) is 2.49. The molecule has 1 heterocycles. The monoisotopic (exact) mass is 326 g/mol. The van der Waals surface area contributed by atoms with Crippen LogP contribution in [-0.4, -0.2) is 10.8 Å². The minimum atomic E-state index is -0.438. The maximum absolute atomic E-state index is 12.4. The second kappa shape index (κ2) is 6.18. The van der Waals surface area contributed by atoms with Crippen LogP contribution in [0.1, 0.15) is 20.8 Å². The van der Waals surface area contributed by atoms with E-state index in [0.717, 1.165) is 15.6 Å². The van der Waals surface area contributed by atoms with Crippen molar-refractivity contribution in [2.75, 3.05) is 0 Å². The van der Waals surface area contributed by atoms with Gasteiger partial charge in [0.1, 0.15) is 0 Å². The molecular weight excluding hydrogens is 312 g/mol. The number of thiophene rings is 1. The van der Waals surface area contributed by atoms with E-state index < -0.39 is 4.92 Å². The molecule has 6 heteroatoms. The number of benzene rings is 2. The summed E-state index contributed by atoms with van der Waals surface area (Å²) in [4.78, 5) is 23.6. The summed E-state index contributed by atoms with van der Waals surface area (Å²) in [6, 6.07) is 14.3. The van der Waals surface area contributed by atoms with Crippen LogP contribution >= 0.6 is 11.3 Å². The van der Waals surface area contributed by atoms with Crippen LogP contribution in [0.15, 0.2) is 48.5 Å². The fraction of sp³-hybridized carbons (Fsp3) is 0.118. The molecule has 0 radical (unpaired) electrons. The molecule has 5 nitrogen and oxygen atoms in total. The van der Waals surface area contributed by atoms with Gasteiger partial charge in [-0.05, 0) is 23.9 Å². The fourth-order valence-corrected chi connectivity index (χ4v) is 3.61. The highest BCUT2D eigenvalue weighted by atomic mass is 32.1. The number of aryl methyl sites for hydroxylation is 1. The number of hydrogen-bond acceptors (Lipinski definition) is 4. The lowest BCUT2D eigenvalue weighted by Gasteiger charge is -2.05. The lowest BCUT2D eigenvalue weighted by atomic mass is 10.1. The average molecular weight is 326 g/mol. The van der Waals surface area contributed by atoms with Crippen molar-refractivity contribution in [3.8, 4) is 0 Å². The molecule has 0 unspecified atom stereocenters. The van der Waals surface area contributed by atoms with Gasteiger partial charge >= 0.3 is 0 Å². The minimum Gasteiger partial charge on any atom is -0.347 e. The van der Waals surface area contributed by atoms with Crippen molar-refractivity contribution in [3.05, 3.63) is 74.6 Å². The molecule has 3 rings (SSSR count). The normalized spacial score (nSPS) is 10.7. The zero-order valence-corrected chi connectivity index (χ0v) is 13.2. The standard InChI is InChI=1S/C17H14N2O3S/c1-11-13-7-3-5-9-15(13)23-16(11)17(20)18-10-12-6-2-4-8-14(12)19(21)22/h2-9H,10H2,1H3,(H,18,20). The molecule has 1 aromatic heterocycles. The van der Waals surface area contributed by atoms with Gasteiger partial charge in [0.25, 0.3) is 11.6 Å². The van der Waals surface area contributed by atoms with Gasteiger partial charge in [-0.25, -0.2) is 0 Å². The number of para-hydroxylation sites is 1. The highest BCUT2D eigenvalue weighted by Crippen LogP contribution is 2.30. The molecule has 1 amide bonds. The van der Waals surface area contributed by atoms with Crippen LogP contribution in [0.4, 0.5) is 5.69 Å². The largest absolute Gasteiger partial charge is 0.347 e. The summed E-state index contributed by atoms with van der Waals surface area (Å²) in [6.45, 7) is 2.04. The Balaban J connectivity index is 1.82.